The minimum Gasteiger partial charge on any atom is -0.507 e. The minimum absolute atomic E-state index is 0.0133. The van der Waals surface area contributed by atoms with Gasteiger partial charge in [-0.05, 0) is 73.8 Å². The number of aliphatic hydroxyl groups excluding tert-OH is 1. The zero-order valence-corrected chi connectivity index (χ0v) is 26.2. The van der Waals surface area contributed by atoms with Crippen molar-refractivity contribution in [2.24, 2.45) is 22.7 Å². The average Bonchev–Trinajstić information content (AvgIpc) is 2.90. The molecule has 0 radical (unpaired) electrons. The monoisotopic (exact) mass is 580 g/mol. The Morgan fingerprint density at radius 3 is 2.19 bits per heavy atom. The van der Waals surface area contributed by atoms with Crippen LogP contribution in [0.3, 0.4) is 0 Å². The van der Waals surface area contributed by atoms with Gasteiger partial charge in [0.05, 0.1) is 16.7 Å². The lowest BCUT2D eigenvalue weighted by atomic mass is 9.42. The quantitative estimate of drug-likeness (QED) is 0.226. The van der Waals surface area contributed by atoms with Gasteiger partial charge in [-0.25, -0.2) is 0 Å². The third-order valence-electron chi connectivity index (χ3n) is 10.1. The molecule has 4 atom stereocenters. The standard InChI is InChI=1S/C37H40O6/c1-19(2)25-16-24(15-14-23-12-10-9-11-13-23)31(39)28-26(25)17-35(7)18-36(8)29(20(3)4)21(5)27(22(6)38)33(41)37(36,43)34(42)30(35)32(28)40/h9-13,16,19-20,29,39-40,43H,17-18H2,1-8H3/t29-,35+,36+,37-/m1/s1. The molecule has 3 aliphatic carbocycles. The SMILES string of the molecule is CC(=O)C1=C(C)[C@@H](C(C)C)[C@]2(C)C[C@]3(C)Cc4c(C(C)C)cc(C#Cc5ccccc5)c(O)c4C(O)=C3C(=O)[C@]2(O)C1=O. The first-order chi connectivity index (χ1) is 20.0. The van der Waals surface area contributed by atoms with Gasteiger partial charge in [-0.1, -0.05) is 77.2 Å². The Morgan fingerprint density at radius 1 is 1.00 bits per heavy atom. The lowest BCUT2D eigenvalue weighted by Crippen LogP contribution is -2.70. The fraction of sp³-hybridized carbons (Fsp3) is 0.432. The summed E-state index contributed by atoms with van der Waals surface area (Å²) in [6.45, 7) is 14.7. The Labute approximate surface area is 253 Å². The second-order valence-electron chi connectivity index (χ2n) is 13.7. The van der Waals surface area contributed by atoms with Crippen LogP contribution >= 0.6 is 0 Å². The molecule has 5 rings (SSSR count). The summed E-state index contributed by atoms with van der Waals surface area (Å²) in [5.74, 6) is 2.55. The summed E-state index contributed by atoms with van der Waals surface area (Å²) < 4.78 is 0. The summed E-state index contributed by atoms with van der Waals surface area (Å²) >= 11 is 0. The Morgan fingerprint density at radius 2 is 1.63 bits per heavy atom. The third-order valence-corrected chi connectivity index (χ3v) is 10.1. The number of phenolic OH excluding ortho intramolecular Hbond substituents is 1. The van der Waals surface area contributed by atoms with Crippen molar-refractivity contribution in [2.45, 2.75) is 79.8 Å². The van der Waals surface area contributed by atoms with E-state index in [0.717, 1.165) is 16.7 Å². The van der Waals surface area contributed by atoms with Crippen molar-refractivity contribution in [3.8, 4) is 17.6 Å². The molecule has 2 aromatic rings. The molecule has 3 N–H and O–H groups in total. The van der Waals surface area contributed by atoms with Crippen LogP contribution < -0.4 is 0 Å². The van der Waals surface area contributed by atoms with E-state index in [4.69, 9.17) is 0 Å². The van der Waals surface area contributed by atoms with Gasteiger partial charge in [-0.3, -0.25) is 14.4 Å². The number of carbonyl (C=O) groups is 3. The highest BCUT2D eigenvalue weighted by atomic mass is 16.3. The Bertz CT molecular complexity index is 1710. The summed E-state index contributed by atoms with van der Waals surface area (Å²) in [6.07, 6.45) is 0.528. The molecule has 3 aliphatic rings. The smallest absolute Gasteiger partial charge is 0.206 e. The first kappa shape index (κ1) is 30.5. The first-order valence-electron chi connectivity index (χ1n) is 14.9. The molecule has 224 valence electrons. The zero-order chi connectivity index (χ0) is 31.8. The molecule has 1 saturated carbocycles. The number of allylic oxidation sites excluding steroid dienone is 1. The van der Waals surface area contributed by atoms with Crippen LogP contribution in [0.1, 0.15) is 95.5 Å². The number of benzene rings is 2. The van der Waals surface area contributed by atoms with Gasteiger partial charge < -0.3 is 15.3 Å². The fourth-order valence-electron chi connectivity index (χ4n) is 8.61. The molecule has 2 aromatic carbocycles. The predicted molar refractivity (Wildman–Crippen MR) is 165 cm³/mol. The van der Waals surface area contributed by atoms with Crippen molar-refractivity contribution in [2.75, 3.05) is 0 Å². The van der Waals surface area contributed by atoms with Crippen molar-refractivity contribution >= 4 is 23.1 Å². The summed E-state index contributed by atoms with van der Waals surface area (Å²) in [6, 6.07) is 11.2. The van der Waals surface area contributed by atoms with E-state index >= 15 is 0 Å². The maximum atomic E-state index is 14.6. The van der Waals surface area contributed by atoms with E-state index in [-0.39, 0.29) is 40.7 Å². The van der Waals surface area contributed by atoms with Crippen LogP contribution in [0.15, 0.2) is 53.1 Å². The normalized spacial score (nSPS) is 28.4. The third kappa shape index (κ3) is 4.16. The van der Waals surface area contributed by atoms with Crippen LogP contribution in [0.25, 0.3) is 5.76 Å². The predicted octanol–water partition coefficient (Wildman–Crippen LogP) is 6.22. The molecule has 6 nitrogen and oxygen atoms in total. The molecule has 6 heteroatoms. The number of fused-ring (bicyclic) bond motifs is 3. The number of aromatic hydroxyl groups is 1. The Kier molecular flexibility index (Phi) is 7.14. The zero-order valence-electron chi connectivity index (χ0n) is 26.2. The number of aliphatic hydroxyl groups is 2. The molecule has 0 bridgehead atoms. The van der Waals surface area contributed by atoms with Crippen LogP contribution in [-0.4, -0.2) is 38.3 Å². The van der Waals surface area contributed by atoms with Gasteiger partial charge in [0, 0.05) is 22.0 Å². The summed E-state index contributed by atoms with van der Waals surface area (Å²) in [4.78, 5) is 41.3. The van der Waals surface area contributed by atoms with Gasteiger partial charge in [0.1, 0.15) is 11.5 Å². The number of Topliss-reactive ketones (excluding diaryl/α,β-unsaturated/α-hetero) is 3. The van der Waals surface area contributed by atoms with E-state index in [1.807, 2.05) is 71.0 Å². The highest BCUT2D eigenvalue weighted by Gasteiger charge is 2.72. The van der Waals surface area contributed by atoms with E-state index in [2.05, 4.69) is 11.8 Å². The average molecular weight is 581 g/mol. The van der Waals surface area contributed by atoms with Gasteiger partial charge in [-0.15, -0.1) is 0 Å². The summed E-state index contributed by atoms with van der Waals surface area (Å²) in [5.41, 5.74) is -1.60. The van der Waals surface area contributed by atoms with Crippen LogP contribution in [0.4, 0.5) is 0 Å². The van der Waals surface area contributed by atoms with Crippen LogP contribution in [-0.2, 0) is 20.8 Å². The largest absolute Gasteiger partial charge is 0.507 e. The highest BCUT2D eigenvalue weighted by molar-refractivity contribution is 6.33. The van der Waals surface area contributed by atoms with E-state index < -0.39 is 45.5 Å². The highest BCUT2D eigenvalue weighted by Crippen LogP contribution is 2.65. The fourth-order valence-corrected chi connectivity index (χ4v) is 8.61. The molecular weight excluding hydrogens is 540 g/mol. The van der Waals surface area contributed by atoms with Crippen molar-refractivity contribution in [1.29, 1.82) is 0 Å². The second kappa shape index (κ2) is 10.1. The van der Waals surface area contributed by atoms with Gasteiger partial charge in [-0.2, -0.15) is 0 Å². The Hall–Kier alpha value is -3.95. The molecule has 1 fully saturated rings. The van der Waals surface area contributed by atoms with Crippen LogP contribution in [0, 0.1) is 34.5 Å². The second-order valence-corrected chi connectivity index (χ2v) is 13.7. The molecule has 43 heavy (non-hydrogen) atoms. The van der Waals surface area contributed by atoms with Crippen LogP contribution in [0.2, 0.25) is 0 Å². The molecule has 0 spiro atoms. The maximum absolute atomic E-state index is 14.6. The molecule has 0 unspecified atom stereocenters. The van der Waals surface area contributed by atoms with Gasteiger partial charge >= 0.3 is 0 Å². The molecule has 0 saturated heterocycles. The Balaban J connectivity index is 1.79. The van der Waals surface area contributed by atoms with Gasteiger partial charge in [0.25, 0.3) is 0 Å². The first-order valence-corrected chi connectivity index (χ1v) is 14.9. The van der Waals surface area contributed by atoms with E-state index in [1.54, 1.807) is 13.8 Å². The van der Waals surface area contributed by atoms with E-state index in [9.17, 15) is 29.7 Å². The number of hydrogen-bond acceptors (Lipinski definition) is 6. The van der Waals surface area contributed by atoms with E-state index in [1.165, 1.54) is 6.92 Å². The van der Waals surface area contributed by atoms with Crippen molar-refractivity contribution in [3.63, 3.8) is 0 Å². The number of hydrogen-bond donors (Lipinski definition) is 3. The topological polar surface area (TPSA) is 112 Å². The van der Waals surface area contributed by atoms with Gasteiger partial charge in [0.2, 0.25) is 11.6 Å². The van der Waals surface area contributed by atoms with Gasteiger partial charge in [0.15, 0.2) is 11.4 Å². The molecular formula is C37H40O6. The lowest BCUT2D eigenvalue weighted by molar-refractivity contribution is -0.180. The molecule has 0 aromatic heterocycles. The lowest BCUT2D eigenvalue weighted by Gasteiger charge is -2.60. The van der Waals surface area contributed by atoms with E-state index in [0.29, 0.717) is 17.6 Å². The number of ketones is 3. The molecule has 0 aliphatic heterocycles. The minimum atomic E-state index is -2.55. The van der Waals surface area contributed by atoms with Crippen molar-refractivity contribution in [3.05, 3.63) is 80.9 Å². The maximum Gasteiger partial charge on any atom is 0.206 e. The number of rotatable bonds is 3. The summed E-state index contributed by atoms with van der Waals surface area (Å²) in [7, 11) is 0. The molecule has 0 amide bonds. The van der Waals surface area contributed by atoms with Crippen LogP contribution in [0.5, 0.6) is 5.75 Å². The number of carbonyl (C=O) groups excluding carboxylic acids is 3. The van der Waals surface area contributed by atoms with Crippen molar-refractivity contribution < 1.29 is 29.7 Å². The summed E-state index contributed by atoms with van der Waals surface area (Å²) in [5, 5.41) is 35.8. The van der Waals surface area contributed by atoms with Crippen molar-refractivity contribution in [1.82, 2.24) is 0 Å². The molecule has 0 heterocycles. The number of phenols is 1.